The van der Waals surface area contributed by atoms with Crippen LogP contribution in [0.4, 0.5) is 11.4 Å². The van der Waals surface area contributed by atoms with Gasteiger partial charge < -0.3 is 10.6 Å². The molecule has 0 spiro atoms. The highest BCUT2D eigenvalue weighted by molar-refractivity contribution is 6.01. The summed E-state index contributed by atoms with van der Waals surface area (Å²) in [7, 11) is 1.95. The first-order valence-electron chi connectivity index (χ1n) is 5.69. The standard InChI is InChI=1S/C14H16N4/c1-10-9-11(7-8-17-10)18(2)13-6-4-3-5-12(13)14(15)16/h3-9H,1-2H3,(H3,15,16). The maximum atomic E-state index is 7.61. The SMILES string of the molecule is Cc1cc(N(C)c2ccccc2C(=N)N)ccn1. The quantitative estimate of drug-likeness (QED) is 0.639. The van der Waals surface area contributed by atoms with Crippen LogP contribution in [-0.2, 0) is 0 Å². The predicted octanol–water partition coefficient (Wildman–Crippen LogP) is 2.44. The van der Waals surface area contributed by atoms with E-state index in [0.29, 0.717) is 0 Å². The number of rotatable bonds is 3. The third-order valence-electron chi connectivity index (χ3n) is 2.82. The lowest BCUT2D eigenvalue weighted by Crippen LogP contribution is -2.18. The van der Waals surface area contributed by atoms with E-state index in [4.69, 9.17) is 11.1 Å². The number of pyridine rings is 1. The maximum absolute atomic E-state index is 7.61. The van der Waals surface area contributed by atoms with Gasteiger partial charge >= 0.3 is 0 Å². The molecule has 4 nitrogen and oxygen atoms in total. The Kier molecular flexibility index (Phi) is 3.28. The van der Waals surface area contributed by atoms with Crippen molar-refractivity contribution in [2.45, 2.75) is 6.92 Å². The second-order valence-electron chi connectivity index (χ2n) is 4.15. The number of amidine groups is 1. The van der Waals surface area contributed by atoms with E-state index in [1.54, 1.807) is 6.20 Å². The summed E-state index contributed by atoms with van der Waals surface area (Å²) in [5.74, 6) is 0.0724. The van der Waals surface area contributed by atoms with Crippen molar-refractivity contribution in [1.82, 2.24) is 4.98 Å². The van der Waals surface area contributed by atoms with Gasteiger partial charge in [0.25, 0.3) is 0 Å². The lowest BCUT2D eigenvalue weighted by molar-refractivity contribution is 1.14. The summed E-state index contributed by atoms with van der Waals surface area (Å²) in [5.41, 5.74) is 9.23. The molecule has 2 rings (SSSR count). The summed E-state index contributed by atoms with van der Waals surface area (Å²) >= 11 is 0. The van der Waals surface area contributed by atoms with E-state index in [1.165, 1.54) is 0 Å². The first kappa shape index (κ1) is 12.1. The van der Waals surface area contributed by atoms with Crippen molar-refractivity contribution in [3.63, 3.8) is 0 Å². The van der Waals surface area contributed by atoms with Gasteiger partial charge in [-0.25, -0.2) is 0 Å². The fourth-order valence-electron chi connectivity index (χ4n) is 1.87. The zero-order chi connectivity index (χ0) is 13.1. The Bertz CT molecular complexity index is 578. The topological polar surface area (TPSA) is 66.0 Å². The largest absolute Gasteiger partial charge is 0.384 e. The molecule has 0 unspecified atom stereocenters. The van der Waals surface area contributed by atoms with Gasteiger partial charge in [-0.2, -0.15) is 0 Å². The number of nitrogens with zero attached hydrogens (tertiary/aromatic N) is 2. The van der Waals surface area contributed by atoms with Crippen molar-refractivity contribution >= 4 is 17.2 Å². The number of nitrogens with two attached hydrogens (primary N) is 1. The van der Waals surface area contributed by atoms with Crippen LogP contribution in [0.15, 0.2) is 42.6 Å². The zero-order valence-electron chi connectivity index (χ0n) is 10.5. The average Bonchev–Trinajstić information content (AvgIpc) is 2.38. The minimum Gasteiger partial charge on any atom is -0.384 e. The number of para-hydroxylation sites is 1. The number of aryl methyl sites for hydroxylation is 1. The molecule has 0 radical (unpaired) electrons. The van der Waals surface area contributed by atoms with Gasteiger partial charge in [0.2, 0.25) is 0 Å². The third kappa shape index (κ3) is 2.32. The smallest absolute Gasteiger partial charge is 0.124 e. The first-order valence-corrected chi connectivity index (χ1v) is 5.69. The van der Waals surface area contributed by atoms with Crippen LogP contribution in [0.1, 0.15) is 11.3 Å². The van der Waals surface area contributed by atoms with Crippen molar-refractivity contribution in [2.75, 3.05) is 11.9 Å². The first-order chi connectivity index (χ1) is 8.59. The maximum Gasteiger partial charge on any atom is 0.124 e. The van der Waals surface area contributed by atoms with Crippen LogP contribution >= 0.6 is 0 Å². The summed E-state index contributed by atoms with van der Waals surface area (Å²) in [5, 5.41) is 7.61. The van der Waals surface area contributed by atoms with Gasteiger partial charge in [0.05, 0.1) is 5.69 Å². The van der Waals surface area contributed by atoms with Gasteiger partial charge in [-0.15, -0.1) is 0 Å². The van der Waals surface area contributed by atoms with E-state index in [0.717, 1.165) is 22.6 Å². The Morgan fingerprint density at radius 1 is 1.28 bits per heavy atom. The molecule has 0 saturated heterocycles. The number of anilines is 2. The molecule has 0 amide bonds. The van der Waals surface area contributed by atoms with Crippen LogP contribution in [0.5, 0.6) is 0 Å². The van der Waals surface area contributed by atoms with Crippen molar-refractivity contribution in [2.24, 2.45) is 5.73 Å². The van der Waals surface area contributed by atoms with Gasteiger partial charge in [0, 0.05) is 30.2 Å². The van der Waals surface area contributed by atoms with E-state index in [1.807, 2.05) is 55.3 Å². The van der Waals surface area contributed by atoms with Crippen LogP contribution in [0.25, 0.3) is 0 Å². The number of hydrogen-bond acceptors (Lipinski definition) is 3. The van der Waals surface area contributed by atoms with Gasteiger partial charge in [0.1, 0.15) is 5.84 Å². The van der Waals surface area contributed by atoms with Crippen molar-refractivity contribution < 1.29 is 0 Å². The fraction of sp³-hybridized carbons (Fsp3) is 0.143. The molecule has 0 aliphatic carbocycles. The lowest BCUT2D eigenvalue weighted by atomic mass is 10.1. The average molecular weight is 240 g/mol. The molecule has 2 aromatic rings. The normalized spacial score (nSPS) is 10.1. The second kappa shape index (κ2) is 4.87. The molecule has 1 heterocycles. The van der Waals surface area contributed by atoms with E-state index < -0.39 is 0 Å². The van der Waals surface area contributed by atoms with Crippen LogP contribution in [0, 0.1) is 12.3 Å². The molecule has 0 fully saturated rings. The molecule has 18 heavy (non-hydrogen) atoms. The molecule has 0 bridgehead atoms. The molecule has 0 aliphatic heterocycles. The van der Waals surface area contributed by atoms with Crippen LogP contribution < -0.4 is 10.6 Å². The highest BCUT2D eigenvalue weighted by atomic mass is 15.1. The molecular weight excluding hydrogens is 224 g/mol. The number of hydrogen-bond donors (Lipinski definition) is 2. The highest BCUT2D eigenvalue weighted by Crippen LogP contribution is 2.26. The number of nitrogen functional groups attached to an aromatic ring is 1. The minimum atomic E-state index is 0.0724. The van der Waals surface area contributed by atoms with Gasteiger partial charge in [0.15, 0.2) is 0 Å². The molecule has 0 atom stereocenters. The summed E-state index contributed by atoms with van der Waals surface area (Å²) in [6, 6.07) is 11.5. The van der Waals surface area contributed by atoms with Crippen molar-refractivity contribution in [3.05, 3.63) is 53.9 Å². The van der Waals surface area contributed by atoms with E-state index in [2.05, 4.69) is 4.98 Å². The molecule has 0 aliphatic rings. The molecule has 0 saturated carbocycles. The van der Waals surface area contributed by atoms with Crippen LogP contribution in [0.2, 0.25) is 0 Å². The molecular formula is C14H16N4. The van der Waals surface area contributed by atoms with E-state index in [-0.39, 0.29) is 5.84 Å². The molecule has 1 aromatic heterocycles. The number of benzene rings is 1. The Hall–Kier alpha value is -2.36. The number of nitrogens with one attached hydrogen (secondary N) is 1. The summed E-state index contributed by atoms with van der Waals surface area (Å²) < 4.78 is 0. The molecule has 92 valence electrons. The Morgan fingerprint density at radius 2 is 2.00 bits per heavy atom. The van der Waals surface area contributed by atoms with Crippen LogP contribution in [-0.4, -0.2) is 17.9 Å². The summed E-state index contributed by atoms with van der Waals surface area (Å²) in [4.78, 5) is 6.19. The summed E-state index contributed by atoms with van der Waals surface area (Å²) in [6.45, 7) is 1.95. The van der Waals surface area contributed by atoms with Crippen molar-refractivity contribution in [1.29, 1.82) is 5.41 Å². The van der Waals surface area contributed by atoms with Gasteiger partial charge in [-0.05, 0) is 31.2 Å². The monoisotopic (exact) mass is 240 g/mol. The van der Waals surface area contributed by atoms with Gasteiger partial charge in [-0.3, -0.25) is 10.4 Å². The minimum absolute atomic E-state index is 0.0724. The van der Waals surface area contributed by atoms with Crippen LogP contribution in [0.3, 0.4) is 0 Å². The molecule has 4 heteroatoms. The Labute approximate surface area is 107 Å². The lowest BCUT2D eigenvalue weighted by Gasteiger charge is -2.22. The second-order valence-corrected chi connectivity index (χ2v) is 4.15. The van der Waals surface area contributed by atoms with E-state index in [9.17, 15) is 0 Å². The molecule has 3 N–H and O–H groups in total. The summed E-state index contributed by atoms with van der Waals surface area (Å²) in [6.07, 6.45) is 1.78. The Morgan fingerprint density at radius 3 is 2.67 bits per heavy atom. The zero-order valence-corrected chi connectivity index (χ0v) is 10.5. The number of aromatic nitrogens is 1. The Balaban J connectivity index is 2.46. The predicted molar refractivity (Wildman–Crippen MR) is 74.5 cm³/mol. The van der Waals surface area contributed by atoms with E-state index >= 15 is 0 Å². The van der Waals surface area contributed by atoms with Crippen molar-refractivity contribution in [3.8, 4) is 0 Å². The highest BCUT2D eigenvalue weighted by Gasteiger charge is 2.10. The molecule has 1 aromatic carbocycles. The third-order valence-corrected chi connectivity index (χ3v) is 2.82. The van der Waals surface area contributed by atoms with Gasteiger partial charge in [-0.1, -0.05) is 12.1 Å². The fourth-order valence-corrected chi connectivity index (χ4v) is 1.87.